The van der Waals surface area contributed by atoms with Gasteiger partial charge in [-0.3, -0.25) is 14.8 Å². The number of amides is 1. The number of nitrogens with two attached hydrogens (primary N) is 1. The molecule has 2 heterocycles. The van der Waals surface area contributed by atoms with Gasteiger partial charge in [-0.2, -0.15) is 0 Å². The molecular weight excluding hydrogens is 286 g/mol. The maximum Gasteiger partial charge on any atom is 0.270 e. The molecule has 0 bridgehead atoms. The number of nitrogens with zero attached hydrogens (tertiary/aromatic N) is 3. The van der Waals surface area contributed by atoms with Crippen molar-refractivity contribution in [1.82, 2.24) is 20.3 Å². The van der Waals surface area contributed by atoms with E-state index in [1.165, 1.54) is 11.3 Å². The third kappa shape index (κ3) is 3.83. The van der Waals surface area contributed by atoms with Gasteiger partial charge in [0.2, 0.25) is 0 Å². The van der Waals surface area contributed by atoms with Gasteiger partial charge in [0.15, 0.2) is 0 Å². The van der Waals surface area contributed by atoms with Crippen LogP contribution >= 0.6 is 11.3 Å². The lowest BCUT2D eigenvalue weighted by molar-refractivity contribution is 0.0938. The Morgan fingerprint density at radius 1 is 1.38 bits per heavy atom. The normalized spacial score (nSPS) is 11.4. The molecule has 2 aromatic heterocycles. The Balaban J connectivity index is 2.03. The van der Waals surface area contributed by atoms with Crippen LogP contribution in [-0.2, 0) is 0 Å². The fourth-order valence-corrected chi connectivity index (χ4v) is 2.51. The Kier molecular flexibility index (Phi) is 4.98. The predicted octanol–water partition coefficient (Wildman–Crippen LogP) is 1.85. The Bertz CT molecular complexity index is 594. The van der Waals surface area contributed by atoms with Crippen LogP contribution in [0.2, 0.25) is 0 Å². The van der Waals surface area contributed by atoms with E-state index < -0.39 is 0 Å². The Labute approximate surface area is 127 Å². The summed E-state index contributed by atoms with van der Waals surface area (Å²) in [6.45, 7) is 4.48. The van der Waals surface area contributed by atoms with Gasteiger partial charge in [0.25, 0.3) is 5.91 Å². The summed E-state index contributed by atoms with van der Waals surface area (Å²) in [5, 5.41) is 5.25. The second kappa shape index (κ2) is 6.73. The Morgan fingerprint density at radius 3 is 2.76 bits per heavy atom. The van der Waals surface area contributed by atoms with Crippen molar-refractivity contribution < 1.29 is 4.79 Å². The van der Waals surface area contributed by atoms with Crippen molar-refractivity contribution in [2.45, 2.75) is 32.2 Å². The summed E-state index contributed by atoms with van der Waals surface area (Å²) in [4.78, 5) is 24.6. The summed E-state index contributed by atoms with van der Waals surface area (Å²) in [6.07, 6.45) is 6.44. The highest BCUT2D eigenvalue weighted by molar-refractivity contribution is 7.13. The minimum Gasteiger partial charge on any atom is -0.349 e. The van der Waals surface area contributed by atoms with Gasteiger partial charge in [-0.15, -0.1) is 11.3 Å². The number of carbonyl (C=O) groups excluding carboxylic acids is 1. The molecule has 0 atom stereocenters. The smallest absolute Gasteiger partial charge is 0.270 e. The molecule has 21 heavy (non-hydrogen) atoms. The summed E-state index contributed by atoms with van der Waals surface area (Å²) in [5.41, 5.74) is 6.85. The molecule has 0 radical (unpaired) electrons. The SMILES string of the molecule is CCC(N)(CC)CNC(=O)c1csc(-c2cnccn2)n1. The van der Waals surface area contributed by atoms with Crippen molar-refractivity contribution in [3.05, 3.63) is 29.7 Å². The highest BCUT2D eigenvalue weighted by Gasteiger charge is 2.22. The van der Waals surface area contributed by atoms with E-state index in [0.717, 1.165) is 12.8 Å². The fraction of sp³-hybridized carbons (Fsp3) is 0.429. The molecule has 0 aliphatic rings. The first kappa shape index (κ1) is 15.5. The fourth-order valence-electron chi connectivity index (χ4n) is 1.75. The van der Waals surface area contributed by atoms with Crippen LogP contribution in [0.15, 0.2) is 24.0 Å². The van der Waals surface area contributed by atoms with E-state index in [2.05, 4.69) is 20.3 Å². The van der Waals surface area contributed by atoms with Crippen molar-refractivity contribution in [2.24, 2.45) is 5.73 Å². The van der Waals surface area contributed by atoms with Crippen LogP contribution in [0.4, 0.5) is 0 Å². The molecule has 2 rings (SSSR count). The van der Waals surface area contributed by atoms with Crippen LogP contribution in [0.25, 0.3) is 10.7 Å². The average molecular weight is 305 g/mol. The average Bonchev–Trinajstić information content (AvgIpc) is 3.03. The van der Waals surface area contributed by atoms with Gasteiger partial charge in [-0.05, 0) is 12.8 Å². The molecule has 2 aromatic rings. The molecule has 6 nitrogen and oxygen atoms in total. The van der Waals surface area contributed by atoms with Crippen molar-refractivity contribution >= 4 is 17.2 Å². The molecule has 0 aromatic carbocycles. The number of rotatable bonds is 6. The van der Waals surface area contributed by atoms with Gasteiger partial charge in [-0.1, -0.05) is 13.8 Å². The first-order valence-electron chi connectivity index (χ1n) is 6.87. The second-order valence-corrected chi connectivity index (χ2v) is 5.74. The zero-order chi connectivity index (χ0) is 15.3. The van der Waals surface area contributed by atoms with Crippen molar-refractivity contribution in [1.29, 1.82) is 0 Å². The van der Waals surface area contributed by atoms with Gasteiger partial charge in [0, 0.05) is 29.9 Å². The second-order valence-electron chi connectivity index (χ2n) is 4.88. The van der Waals surface area contributed by atoms with E-state index in [-0.39, 0.29) is 11.4 Å². The van der Waals surface area contributed by atoms with Crippen molar-refractivity contribution in [3.8, 4) is 10.7 Å². The number of carbonyl (C=O) groups is 1. The van der Waals surface area contributed by atoms with Crippen LogP contribution in [-0.4, -0.2) is 32.9 Å². The monoisotopic (exact) mass is 305 g/mol. The maximum atomic E-state index is 12.1. The maximum absolute atomic E-state index is 12.1. The van der Waals surface area contributed by atoms with E-state index in [4.69, 9.17) is 5.73 Å². The summed E-state index contributed by atoms with van der Waals surface area (Å²) in [6, 6.07) is 0. The molecule has 0 saturated heterocycles. The minimum absolute atomic E-state index is 0.210. The number of hydrogen-bond donors (Lipinski definition) is 2. The molecule has 112 valence electrons. The molecule has 3 N–H and O–H groups in total. The third-order valence-corrected chi connectivity index (χ3v) is 4.39. The molecule has 7 heteroatoms. The molecule has 0 fully saturated rings. The summed E-state index contributed by atoms with van der Waals surface area (Å²) in [7, 11) is 0. The first-order valence-corrected chi connectivity index (χ1v) is 7.75. The van der Waals surface area contributed by atoms with E-state index in [9.17, 15) is 4.79 Å². The zero-order valence-electron chi connectivity index (χ0n) is 12.2. The van der Waals surface area contributed by atoms with E-state index >= 15 is 0 Å². The van der Waals surface area contributed by atoms with Gasteiger partial charge in [0.05, 0.1) is 6.20 Å². The standard InChI is InChI=1S/C14H19N5OS/c1-3-14(15,4-2)9-18-12(20)11-8-21-13(19-11)10-7-16-5-6-17-10/h5-8H,3-4,9,15H2,1-2H3,(H,18,20). The van der Waals surface area contributed by atoms with Crippen molar-refractivity contribution in [3.63, 3.8) is 0 Å². The first-order chi connectivity index (χ1) is 10.1. The Morgan fingerprint density at radius 2 is 2.14 bits per heavy atom. The highest BCUT2D eigenvalue weighted by atomic mass is 32.1. The summed E-state index contributed by atoms with van der Waals surface area (Å²) >= 11 is 1.37. The number of thiazole rings is 1. The third-order valence-electron chi connectivity index (χ3n) is 3.53. The molecule has 0 saturated carbocycles. The lowest BCUT2D eigenvalue weighted by Gasteiger charge is -2.26. The van der Waals surface area contributed by atoms with Gasteiger partial charge in [0.1, 0.15) is 16.4 Å². The topological polar surface area (TPSA) is 93.8 Å². The number of hydrogen-bond acceptors (Lipinski definition) is 6. The van der Waals surface area contributed by atoms with Crippen LogP contribution in [0, 0.1) is 0 Å². The molecule has 0 aliphatic carbocycles. The highest BCUT2D eigenvalue weighted by Crippen LogP contribution is 2.20. The lowest BCUT2D eigenvalue weighted by Crippen LogP contribution is -2.49. The van der Waals surface area contributed by atoms with Crippen LogP contribution in [0.5, 0.6) is 0 Å². The summed E-state index contributed by atoms with van der Waals surface area (Å²) in [5.74, 6) is -0.210. The van der Waals surface area contributed by atoms with Crippen LogP contribution in [0.3, 0.4) is 0 Å². The van der Waals surface area contributed by atoms with Gasteiger partial charge in [-0.25, -0.2) is 4.98 Å². The molecule has 1 amide bonds. The number of aromatic nitrogens is 3. The van der Waals surface area contributed by atoms with Gasteiger partial charge >= 0.3 is 0 Å². The largest absolute Gasteiger partial charge is 0.349 e. The molecular formula is C14H19N5OS. The van der Waals surface area contributed by atoms with Crippen molar-refractivity contribution in [2.75, 3.05) is 6.54 Å². The van der Waals surface area contributed by atoms with Crippen LogP contribution in [0.1, 0.15) is 37.2 Å². The Hall–Kier alpha value is -1.86. The lowest BCUT2D eigenvalue weighted by atomic mass is 9.94. The molecule has 0 unspecified atom stereocenters. The number of nitrogens with one attached hydrogen (secondary N) is 1. The van der Waals surface area contributed by atoms with Gasteiger partial charge < -0.3 is 11.1 Å². The quantitative estimate of drug-likeness (QED) is 0.849. The van der Waals surface area contributed by atoms with E-state index in [0.29, 0.717) is 22.9 Å². The van der Waals surface area contributed by atoms with Crippen LogP contribution < -0.4 is 11.1 Å². The van der Waals surface area contributed by atoms with E-state index in [1.807, 2.05) is 13.8 Å². The molecule has 0 spiro atoms. The molecule has 0 aliphatic heterocycles. The summed E-state index contributed by atoms with van der Waals surface area (Å²) < 4.78 is 0. The minimum atomic E-state index is -0.362. The predicted molar refractivity (Wildman–Crippen MR) is 83.0 cm³/mol. The van der Waals surface area contributed by atoms with E-state index in [1.54, 1.807) is 24.0 Å². The zero-order valence-corrected chi connectivity index (χ0v) is 13.0.